The molecule has 0 saturated carbocycles. The van der Waals surface area contributed by atoms with Crippen molar-refractivity contribution in [2.24, 2.45) is 4.99 Å². The highest BCUT2D eigenvalue weighted by Gasteiger charge is 2.11. The van der Waals surface area contributed by atoms with Crippen molar-refractivity contribution >= 4 is 15.8 Å². The maximum absolute atomic E-state index is 11.8. The summed E-state index contributed by atoms with van der Waals surface area (Å²) in [5.41, 5.74) is 3.51. The number of nitrogens with one attached hydrogen (secondary N) is 2. The molecule has 3 rings (SSSR count). The summed E-state index contributed by atoms with van der Waals surface area (Å²) in [4.78, 5) is 4.58. The maximum atomic E-state index is 11.8. The van der Waals surface area contributed by atoms with Gasteiger partial charge in [-0.25, -0.2) is 13.1 Å². The number of rotatable bonds is 7. The highest BCUT2D eigenvalue weighted by atomic mass is 32.2. The molecule has 2 aromatic carbocycles. The SMILES string of the molecule is CN=C(NCc1ccc(S(C)(=O)=O)c(C)c1)NCc1ccn(-c2ccc(OC)cc2)n1. The molecular formula is C22H27N5O3S. The first-order valence-electron chi connectivity index (χ1n) is 9.73. The van der Waals surface area contributed by atoms with Crippen molar-refractivity contribution in [3.05, 3.63) is 71.5 Å². The summed E-state index contributed by atoms with van der Waals surface area (Å²) in [6, 6.07) is 14.9. The lowest BCUT2D eigenvalue weighted by atomic mass is 10.1. The van der Waals surface area contributed by atoms with Crippen LogP contribution in [0.4, 0.5) is 0 Å². The van der Waals surface area contributed by atoms with E-state index in [1.807, 2.05) is 42.6 Å². The van der Waals surface area contributed by atoms with Gasteiger partial charge in [-0.15, -0.1) is 0 Å². The molecule has 0 atom stereocenters. The lowest BCUT2D eigenvalue weighted by Crippen LogP contribution is -2.36. The number of aliphatic imine (C=N–C) groups is 1. The Morgan fingerprint density at radius 2 is 1.81 bits per heavy atom. The van der Waals surface area contributed by atoms with Crippen LogP contribution >= 0.6 is 0 Å². The van der Waals surface area contributed by atoms with Crippen LogP contribution in [0.3, 0.4) is 0 Å². The van der Waals surface area contributed by atoms with E-state index in [1.165, 1.54) is 6.26 Å². The van der Waals surface area contributed by atoms with Gasteiger partial charge in [0.1, 0.15) is 5.75 Å². The second-order valence-electron chi connectivity index (χ2n) is 7.10. The number of hydrogen-bond acceptors (Lipinski definition) is 5. The predicted molar refractivity (Wildman–Crippen MR) is 121 cm³/mol. The molecule has 0 aliphatic rings. The molecule has 0 aliphatic carbocycles. The van der Waals surface area contributed by atoms with Gasteiger partial charge in [0.15, 0.2) is 15.8 Å². The van der Waals surface area contributed by atoms with Crippen molar-refractivity contribution in [1.29, 1.82) is 0 Å². The van der Waals surface area contributed by atoms with Crippen LogP contribution in [0.2, 0.25) is 0 Å². The van der Waals surface area contributed by atoms with Crippen LogP contribution in [0.5, 0.6) is 5.75 Å². The molecular weight excluding hydrogens is 414 g/mol. The molecule has 31 heavy (non-hydrogen) atoms. The molecule has 1 aromatic heterocycles. The van der Waals surface area contributed by atoms with E-state index in [2.05, 4.69) is 20.7 Å². The fraction of sp³-hybridized carbons (Fsp3) is 0.273. The minimum Gasteiger partial charge on any atom is -0.497 e. The third-order valence-electron chi connectivity index (χ3n) is 4.74. The Labute approximate surface area is 182 Å². The van der Waals surface area contributed by atoms with Crippen LogP contribution in [0.1, 0.15) is 16.8 Å². The zero-order chi connectivity index (χ0) is 22.4. The van der Waals surface area contributed by atoms with Gasteiger partial charge in [-0.2, -0.15) is 5.10 Å². The average Bonchev–Trinajstić information content (AvgIpc) is 3.22. The van der Waals surface area contributed by atoms with E-state index >= 15 is 0 Å². The molecule has 8 nitrogen and oxygen atoms in total. The number of sulfone groups is 1. The maximum Gasteiger partial charge on any atom is 0.191 e. The number of aromatic nitrogens is 2. The number of aryl methyl sites for hydroxylation is 1. The first-order chi connectivity index (χ1) is 14.8. The van der Waals surface area contributed by atoms with Crippen molar-refractivity contribution in [3.63, 3.8) is 0 Å². The summed E-state index contributed by atoms with van der Waals surface area (Å²) >= 11 is 0. The van der Waals surface area contributed by atoms with Crippen molar-refractivity contribution in [3.8, 4) is 11.4 Å². The number of nitrogens with zero attached hydrogens (tertiary/aromatic N) is 3. The van der Waals surface area contributed by atoms with Gasteiger partial charge in [-0.1, -0.05) is 12.1 Å². The summed E-state index contributed by atoms with van der Waals surface area (Å²) in [5, 5.41) is 11.0. The largest absolute Gasteiger partial charge is 0.497 e. The fourth-order valence-electron chi connectivity index (χ4n) is 3.15. The highest BCUT2D eigenvalue weighted by molar-refractivity contribution is 7.90. The molecule has 0 spiro atoms. The van der Waals surface area contributed by atoms with E-state index in [0.29, 0.717) is 23.9 Å². The van der Waals surface area contributed by atoms with Crippen molar-refractivity contribution in [2.45, 2.75) is 24.9 Å². The molecule has 9 heteroatoms. The Morgan fingerprint density at radius 3 is 2.42 bits per heavy atom. The van der Waals surface area contributed by atoms with Crippen molar-refractivity contribution in [1.82, 2.24) is 20.4 Å². The van der Waals surface area contributed by atoms with Gasteiger partial charge in [0.05, 0.1) is 29.9 Å². The van der Waals surface area contributed by atoms with Crippen molar-refractivity contribution in [2.75, 3.05) is 20.4 Å². The normalized spacial score (nSPS) is 11.9. The van der Waals surface area contributed by atoms with E-state index in [9.17, 15) is 8.42 Å². The molecule has 1 heterocycles. The summed E-state index contributed by atoms with van der Waals surface area (Å²) in [5.74, 6) is 1.43. The van der Waals surface area contributed by atoms with Gasteiger partial charge in [-0.05, 0) is 54.4 Å². The molecule has 0 radical (unpaired) electrons. The number of benzene rings is 2. The van der Waals surface area contributed by atoms with Crippen LogP contribution in [0, 0.1) is 6.92 Å². The fourth-order valence-corrected chi connectivity index (χ4v) is 4.11. The van der Waals surface area contributed by atoms with Gasteiger partial charge < -0.3 is 15.4 Å². The molecule has 0 fully saturated rings. The molecule has 3 aromatic rings. The third-order valence-corrected chi connectivity index (χ3v) is 6.00. The van der Waals surface area contributed by atoms with Gasteiger partial charge in [0.2, 0.25) is 0 Å². The Kier molecular flexibility index (Phi) is 6.96. The Bertz CT molecular complexity index is 1170. The molecule has 0 unspecified atom stereocenters. The minimum absolute atomic E-state index is 0.353. The van der Waals surface area contributed by atoms with E-state index in [-0.39, 0.29) is 0 Å². The molecule has 2 N–H and O–H groups in total. The number of methoxy groups -OCH3 is 1. The zero-order valence-electron chi connectivity index (χ0n) is 18.1. The smallest absolute Gasteiger partial charge is 0.191 e. The van der Waals surface area contributed by atoms with Crippen LogP contribution in [-0.4, -0.2) is 44.6 Å². The summed E-state index contributed by atoms with van der Waals surface area (Å²) in [7, 11) is 0.117. The first kappa shape index (κ1) is 22.4. The first-order valence-corrected chi connectivity index (χ1v) is 11.6. The van der Waals surface area contributed by atoms with E-state index in [1.54, 1.807) is 37.9 Å². The average molecular weight is 442 g/mol. The Morgan fingerprint density at radius 1 is 1.10 bits per heavy atom. The highest BCUT2D eigenvalue weighted by Crippen LogP contribution is 2.17. The zero-order valence-corrected chi connectivity index (χ0v) is 18.9. The second kappa shape index (κ2) is 9.65. The monoisotopic (exact) mass is 441 g/mol. The van der Waals surface area contributed by atoms with Gasteiger partial charge >= 0.3 is 0 Å². The molecule has 0 bridgehead atoms. The summed E-state index contributed by atoms with van der Waals surface area (Å²) in [6.45, 7) is 2.83. The van der Waals surface area contributed by atoms with Gasteiger partial charge in [0.25, 0.3) is 0 Å². The topological polar surface area (TPSA) is 97.6 Å². The summed E-state index contributed by atoms with van der Waals surface area (Å²) in [6.07, 6.45) is 3.12. The van der Waals surface area contributed by atoms with Gasteiger partial charge in [-0.3, -0.25) is 4.99 Å². The van der Waals surface area contributed by atoms with E-state index < -0.39 is 9.84 Å². The summed E-state index contributed by atoms with van der Waals surface area (Å²) < 4.78 is 30.5. The van der Waals surface area contributed by atoms with Gasteiger partial charge in [0, 0.05) is 26.0 Å². The number of guanidine groups is 1. The molecule has 0 aliphatic heterocycles. The number of ether oxygens (including phenoxy) is 1. The standard InChI is InChI=1S/C22H27N5O3S/c1-16-13-17(5-10-21(16)31(4,28)29)14-24-22(23-2)25-15-18-11-12-27(26-18)19-6-8-20(30-3)9-7-19/h5-13H,14-15H2,1-4H3,(H2,23,24,25). The molecule has 164 valence electrons. The molecule has 0 amide bonds. The Balaban J connectivity index is 1.56. The lowest BCUT2D eigenvalue weighted by Gasteiger charge is -2.12. The van der Waals surface area contributed by atoms with Crippen LogP contribution in [0.15, 0.2) is 64.6 Å². The molecule has 0 saturated heterocycles. The number of hydrogen-bond donors (Lipinski definition) is 2. The third kappa shape index (κ3) is 5.85. The van der Waals surface area contributed by atoms with Crippen LogP contribution in [-0.2, 0) is 22.9 Å². The quantitative estimate of drug-likeness (QED) is 0.432. The van der Waals surface area contributed by atoms with Crippen LogP contribution in [0.25, 0.3) is 5.69 Å². The van der Waals surface area contributed by atoms with Crippen LogP contribution < -0.4 is 15.4 Å². The Hall–Kier alpha value is -3.33. The predicted octanol–water partition coefficient (Wildman–Crippen LogP) is 2.46. The van der Waals surface area contributed by atoms with E-state index in [0.717, 1.165) is 28.3 Å². The minimum atomic E-state index is -3.22. The van der Waals surface area contributed by atoms with E-state index in [4.69, 9.17) is 4.74 Å². The van der Waals surface area contributed by atoms with Crippen molar-refractivity contribution < 1.29 is 13.2 Å². The second-order valence-corrected chi connectivity index (χ2v) is 9.09. The lowest BCUT2D eigenvalue weighted by molar-refractivity contribution is 0.414.